The predicted octanol–water partition coefficient (Wildman–Crippen LogP) is 3.61. The Labute approximate surface area is 169 Å². The number of nitrogens with zero attached hydrogens (tertiary/aromatic N) is 1. The molecule has 0 spiro atoms. The molecule has 0 aromatic heterocycles. The van der Waals surface area contributed by atoms with Gasteiger partial charge in [-0.25, -0.2) is 0 Å². The molecule has 1 aliphatic heterocycles. The van der Waals surface area contributed by atoms with E-state index in [0.717, 1.165) is 38.8 Å². The maximum Gasteiger partial charge on any atom is 0.387 e. The lowest BCUT2D eigenvalue weighted by Gasteiger charge is -2.20. The summed E-state index contributed by atoms with van der Waals surface area (Å²) < 4.78 is 34.6. The minimum absolute atomic E-state index is 0.0597. The Morgan fingerprint density at radius 3 is 2.55 bits per heavy atom. The van der Waals surface area contributed by atoms with Crippen LogP contribution in [-0.4, -0.2) is 49.6 Å². The van der Waals surface area contributed by atoms with Crippen molar-refractivity contribution in [3.63, 3.8) is 0 Å². The molecule has 1 heterocycles. The van der Waals surface area contributed by atoms with E-state index in [1.165, 1.54) is 18.2 Å². The van der Waals surface area contributed by atoms with Crippen molar-refractivity contribution in [2.45, 2.75) is 45.6 Å². The molecule has 29 heavy (non-hydrogen) atoms. The van der Waals surface area contributed by atoms with Gasteiger partial charge in [0.05, 0.1) is 6.61 Å². The molecule has 1 saturated heterocycles. The highest BCUT2D eigenvalue weighted by molar-refractivity contribution is 5.92. The number of alkyl halides is 2. The second-order valence-electron chi connectivity index (χ2n) is 6.69. The Hall–Kier alpha value is -2.64. The highest BCUT2D eigenvalue weighted by atomic mass is 19.3. The quantitative estimate of drug-likeness (QED) is 0.632. The van der Waals surface area contributed by atoms with E-state index < -0.39 is 6.61 Å². The van der Waals surface area contributed by atoms with Crippen molar-refractivity contribution < 1.29 is 27.8 Å². The first kappa shape index (κ1) is 22.6. The number of benzene rings is 1. The second kappa shape index (κ2) is 12.0. The van der Waals surface area contributed by atoms with Gasteiger partial charge in [-0.1, -0.05) is 18.9 Å². The van der Waals surface area contributed by atoms with Crippen molar-refractivity contribution in [1.82, 2.24) is 10.2 Å². The number of likely N-dealkylation sites (tertiary alicyclic amines) is 1. The average molecular weight is 410 g/mol. The first-order chi connectivity index (χ1) is 14.0. The number of hydrogen-bond acceptors (Lipinski definition) is 4. The Morgan fingerprint density at radius 1 is 1.17 bits per heavy atom. The van der Waals surface area contributed by atoms with Gasteiger partial charge in [0, 0.05) is 32.1 Å². The number of ether oxygens (including phenoxy) is 2. The molecule has 0 bridgehead atoms. The van der Waals surface area contributed by atoms with Crippen LogP contribution in [0.15, 0.2) is 24.3 Å². The molecule has 160 valence electrons. The Kier molecular flexibility index (Phi) is 9.40. The van der Waals surface area contributed by atoms with Crippen molar-refractivity contribution in [2.24, 2.45) is 0 Å². The van der Waals surface area contributed by atoms with Crippen LogP contribution < -0.4 is 14.8 Å². The van der Waals surface area contributed by atoms with Crippen molar-refractivity contribution in [1.29, 1.82) is 0 Å². The van der Waals surface area contributed by atoms with Crippen LogP contribution in [0.1, 0.15) is 44.6 Å². The third kappa shape index (κ3) is 8.09. The van der Waals surface area contributed by atoms with Gasteiger partial charge < -0.3 is 19.7 Å². The maximum absolute atomic E-state index is 12.4. The molecule has 0 radical (unpaired) electrons. The van der Waals surface area contributed by atoms with Crippen molar-refractivity contribution in [3.05, 3.63) is 29.8 Å². The van der Waals surface area contributed by atoms with Crippen LogP contribution in [0.2, 0.25) is 0 Å². The largest absolute Gasteiger partial charge is 0.490 e. The highest BCUT2D eigenvalue weighted by Gasteiger charge is 2.15. The van der Waals surface area contributed by atoms with E-state index in [0.29, 0.717) is 5.56 Å². The number of amides is 2. The number of nitrogens with one attached hydrogen (secondary N) is 1. The minimum Gasteiger partial charge on any atom is -0.490 e. The van der Waals surface area contributed by atoms with Gasteiger partial charge in [0.25, 0.3) is 0 Å². The predicted molar refractivity (Wildman–Crippen MR) is 106 cm³/mol. The Morgan fingerprint density at radius 2 is 1.90 bits per heavy atom. The number of carbonyl (C=O) groups excluding carboxylic acids is 2. The zero-order chi connectivity index (χ0) is 21.1. The van der Waals surface area contributed by atoms with Crippen molar-refractivity contribution in [2.75, 3.05) is 26.2 Å². The van der Waals surface area contributed by atoms with E-state index in [1.807, 2.05) is 4.90 Å². The Bertz CT molecular complexity index is 702. The molecule has 0 saturated carbocycles. The highest BCUT2D eigenvalue weighted by Crippen LogP contribution is 2.30. The summed E-state index contributed by atoms with van der Waals surface area (Å²) in [6.45, 7) is 0.927. The van der Waals surface area contributed by atoms with Crippen molar-refractivity contribution >= 4 is 17.9 Å². The lowest BCUT2D eigenvalue weighted by molar-refractivity contribution is -0.131. The molecule has 0 unspecified atom stereocenters. The summed E-state index contributed by atoms with van der Waals surface area (Å²) in [7, 11) is 0. The van der Waals surface area contributed by atoms with Gasteiger partial charge in [0.2, 0.25) is 11.8 Å². The number of halogens is 2. The molecule has 8 heteroatoms. The smallest absolute Gasteiger partial charge is 0.387 e. The molecule has 1 aliphatic rings. The first-order valence-electron chi connectivity index (χ1n) is 9.95. The third-order valence-corrected chi connectivity index (χ3v) is 4.51. The van der Waals surface area contributed by atoms with E-state index in [4.69, 9.17) is 4.74 Å². The fourth-order valence-corrected chi connectivity index (χ4v) is 3.09. The van der Waals surface area contributed by atoms with Gasteiger partial charge in [-0.3, -0.25) is 9.59 Å². The molecule has 1 N–H and O–H groups in total. The van der Waals surface area contributed by atoms with E-state index in [-0.39, 0.29) is 42.9 Å². The molecule has 0 aliphatic carbocycles. The van der Waals surface area contributed by atoms with Gasteiger partial charge in [-0.2, -0.15) is 8.78 Å². The first-order valence-corrected chi connectivity index (χ1v) is 9.95. The van der Waals surface area contributed by atoms with Gasteiger partial charge in [0.1, 0.15) is 0 Å². The van der Waals surface area contributed by atoms with Gasteiger partial charge in [0.15, 0.2) is 11.5 Å². The van der Waals surface area contributed by atoms with Gasteiger partial charge in [-0.15, -0.1) is 0 Å². The summed E-state index contributed by atoms with van der Waals surface area (Å²) in [4.78, 5) is 26.0. The number of hydrogen-bond donors (Lipinski definition) is 1. The molecular weight excluding hydrogens is 382 g/mol. The molecule has 2 rings (SSSR count). The SMILES string of the molecule is CCOc1cc(/C=C/C(=O)NCCC(=O)N2CCCCCC2)ccc1OC(F)F. The zero-order valence-electron chi connectivity index (χ0n) is 16.7. The van der Waals surface area contributed by atoms with Crippen LogP contribution in [0, 0.1) is 0 Å². The summed E-state index contributed by atoms with van der Waals surface area (Å²) in [5.74, 6) is -0.152. The summed E-state index contributed by atoms with van der Waals surface area (Å²) in [5, 5.41) is 2.69. The standard InChI is InChI=1S/C21H28F2N2O4/c1-2-28-18-15-16(7-9-17(18)29-21(22)23)8-10-19(26)24-12-11-20(27)25-13-5-3-4-6-14-25/h7-10,15,21H,2-6,11-14H2,1H3,(H,24,26)/b10-8+. The third-order valence-electron chi connectivity index (χ3n) is 4.51. The van der Waals surface area contributed by atoms with Gasteiger partial charge >= 0.3 is 6.61 Å². The molecule has 1 fully saturated rings. The molecule has 0 atom stereocenters. The van der Waals surface area contributed by atoms with Crippen LogP contribution in [0.4, 0.5) is 8.78 Å². The lowest BCUT2D eigenvalue weighted by atomic mass is 10.2. The Balaban J connectivity index is 1.83. The molecule has 1 aromatic carbocycles. The van der Waals surface area contributed by atoms with Crippen LogP contribution in [0.25, 0.3) is 6.08 Å². The van der Waals surface area contributed by atoms with E-state index >= 15 is 0 Å². The summed E-state index contributed by atoms with van der Waals surface area (Å²) >= 11 is 0. The number of rotatable bonds is 9. The van der Waals surface area contributed by atoms with Crippen LogP contribution in [0.3, 0.4) is 0 Å². The van der Waals surface area contributed by atoms with Crippen LogP contribution in [0.5, 0.6) is 11.5 Å². The van der Waals surface area contributed by atoms with Crippen molar-refractivity contribution in [3.8, 4) is 11.5 Å². The summed E-state index contributed by atoms with van der Waals surface area (Å²) in [6.07, 6.45) is 7.53. The zero-order valence-corrected chi connectivity index (χ0v) is 16.7. The van der Waals surface area contributed by atoms with E-state index in [1.54, 1.807) is 19.1 Å². The molecule has 6 nitrogen and oxygen atoms in total. The van der Waals surface area contributed by atoms with Gasteiger partial charge in [-0.05, 0) is 43.5 Å². The lowest BCUT2D eigenvalue weighted by Crippen LogP contribution is -2.34. The molecule has 2 amide bonds. The fourth-order valence-electron chi connectivity index (χ4n) is 3.09. The second-order valence-corrected chi connectivity index (χ2v) is 6.69. The van der Waals surface area contributed by atoms with E-state index in [2.05, 4.69) is 10.1 Å². The monoisotopic (exact) mass is 410 g/mol. The van der Waals surface area contributed by atoms with Crippen LogP contribution in [-0.2, 0) is 9.59 Å². The summed E-state index contributed by atoms with van der Waals surface area (Å²) in [5.41, 5.74) is 0.603. The normalized spacial score (nSPS) is 14.7. The van der Waals surface area contributed by atoms with Crippen LogP contribution >= 0.6 is 0 Å². The maximum atomic E-state index is 12.4. The fraction of sp³-hybridized carbons (Fsp3) is 0.524. The number of carbonyl (C=O) groups is 2. The molecular formula is C21H28F2N2O4. The topological polar surface area (TPSA) is 67.9 Å². The van der Waals surface area contributed by atoms with E-state index in [9.17, 15) is 18.4 Å². The average Bonchev–Trinajstić information content (AvgIpc) is 2.97. The summed E-state index contributed by atoms with van der Waals surface area (Å²) in [6, 6.07) is 4.44. The molecule has 1 aromatic rings. The minimum atomic E-state index is -2.95.